The van der Waals surface area contributed by atoms with Crippen molar-refractivity contribution in [2.45, 2.75) is 62.8 Å². The van der Waals surface area contributed by atoms with Gasteiger partial charge in [0.15, 0.2) is 5.66 Å². The monoisotopic (exact) mass is 275 g/mol. The van der Waals surface area contributed by atoms with Crippen LogP contribution in [0.15, 0.2) is 10.2 Å². The van der Waals surface area contributed by atoms with Gasteiger partial charge in [-0.15, -0.1) is 12.3 Å². The van der Waals surface area contributed by atoms with Crippen molar-refractivity contribution in [3.8, 4) is 12.3 Å². The van der Waals surface area contributed by atoms with Gasteiger partial charge >= 0.3 is 0 Å². The molecule has 0 unspecified atom stereocenters. The molecule has 0 aromatic rings. The number of hydrogen-bond acceptors (Lipinski definition) is 4. The first kappa shape index (κ1) is 13.6. The fraction of sp³-hybridized carbons (Fsp3) is 0.800. The Balaban J connectivity index is 1.50. The third kappa shape index (κ3) is 2.71. The van der Waals surface area contributed by atoms with Crippen LogP contribution < -0.4 is 0 Å². The number of nitrogens with zero attached hydrogens (tertiary/aromatic N) is 3. The lowest BCUT2D eigenvalue weighted by atomic mass is 10.0. The van der Waals surface area contributed by atoms with Gasteiger partial charge in [-0.1, -0.05) is 0 Å². The van der Waals surface area contributed by atoms with Crippen molar-refractivity contribution in [2.75, 3.05) is 13.2 Å². The maximum absolute atomic E-state index is 12.4. The maximum atomic E-state index is 12.4. The molecule has 0 N–H and O–H groups in total. The maximum Gasteiger partial charge on any atom is 0.223 e. The number of hydrogen-bond donors (Lipinski definition) is 0. The van der Waals surface area contributed by atoms with E-state index in [1.165, 1.54) is 0 Å². The smallest absolute Gasteiger partial charge is 0.223 e. The summed E-state index contributed by atoms with van der Waals surface area (Å²) in [5, 5.41) is 8.18. The molecule has 5 nitrogen and oxygen atoms in total. The van der Waals surface area contributed by atoms with Crippen molar-refractivity contribution in [3.05, 3.63) is 0 Å². The quantitative estimate of drug-likeness (QED) is 0.722. The Kier molecular flexibility index (Phi) is 3.75. The van der Waals surface area contributed by atoms with Crippen LogP contribution in [0.4, 0.5) is 0 Å². The third-order valence-corrected chi connectivity index (χ3v) is 4.59. The van der Waals surface area contributed by atoms with Gasteiger partial charge in [0.2, 0.25) is 5.91 Å². The molecule has 1 amide bonds. The van der Waals surface area contributed by atoms with E-state index < -0.39 is 0 Å². The molecule has 0 aromatic carbocycles. The van der Waals surface area contributed by atoms with Crippen LogP contribution >= 0.6 is 0 Å². The number of carbonyl (C=O) groups is 1. The normalized spacial score (nSPS) is 29.9. The summed E-state index contributed by atoms with van der Waals surface area (Å²) >= 11 is 0. The van der Waals surface area contributed by atoms with E-state index in [0.717, 1.165) is 32.2 Å². The first-order valence-corrected chi connectivity index (χ1v) is 7.53. The summed E-state index contributed by atoms with van der Waals surface area (Å²) in [6, 6.07) is 0.297. The lowest BCUT2D eigenvalue weighted by molar-refractivity contribution is -0.144. The topological polar surface area (TPSA) is 54.3 Å². The van der Waals surface area contributed by atoms with Crippen LogP contribution in [0.1, 0.15) is 44.9 Å². The number of ether oxygens (including phenoxy) is 1. The van der Waals surface area contributed by atoms with Gasteiger partial charge in [0.25, 0.3) is 0 Å². The second kappa shape index (κ2) is 5.53. The molecule has 0 radical (unpaired) electrons. The van der Waals surface area contributed by atoms with E-state index in [2.05, 4.69) is 16.1 Å². The van der Waals surface area contributed by atoms with E-state index >= 15 is 0 Å². The molecule has 5 heteroatoms. The summed E-state index contributed by atoms with van der Waals surface area (Å²) in [5.41, 5.74) is -0.344. The summed E-state index contributed by atoms with van der Waals surface area (Å²) < 4.78 is 5.74. The molecule has 1 aliphatic carbocycles. The van der Waals surface area contributed by atoms with Crippen molar-refractivity contribution in [2.24, 2.45) is 10.2 Å². The number of amides is 1. The molecule has 3 rings (SSSR count). The van der Waals surface area contributed by atoms with Crippen molar-refractivity contribution in [3.63, 3.8) is 0 Å². The zero-order valence-corrected chi connectivity index (χ0v) is 11.8. The molecule has 0 spiro atoms. The van der Waals surface area contributed by atoms with Gasteiger partial charge in [0, 0.05) is 32.2 Å². The van der Waals surface area contributed by atoms with Gasteiger partial charge in [-0.3, -0.25) is 4.79 Å². The summed E-state index contributed by atoms with van der Waals surface area (Å²) in [4.78, 5) is 14.5. The van der Waals surface area contributed by atoms with Crippen molar-refractivity contribution in [1.29, 1.82) is 0 Å². The summed E-state index contributed by atoms with van der Waals surface area (Å²) in [5.74, 6) is 2.84. The van der Waals surface area contributed by atoms with Gasteiger partial charge in [0.1, 0.15) is 0 Å². The Hall–Kier alpha value is -1.41. The molecule has 108 valence electrons. The molecular formula is C15H21N3O2. The first-order chi connectivity index (χ1) is 9.74. The molecule has 3 aliphatic rings. The van der Waals surface area contributed by atoms with E-state index in [9.17, 15) is 4.79 Å². The van der Waals surface area contributed by atoms with Crippen LogP contribution in [0.25, 0.3) is 0 Å². The molecule has 0 aromatic heterocycles. The fourth-order valence-electron chi connectivity index (χ4n) is 3.35. The highest BCUT2D eigenvalue weighted by atomic mass is 16.5. The van der Waals surface area contributed by atoms with Crippen LogP contribution in [-0.2, 0) is 9.53 Å². The number of fused-ring (bicyclic) bond motifs is 1. The number of rotatable bonds is 5. The Morgan fingerprint density at radius 2 is 2.25 bits per heavy atom. The van der Waals surface area contributed by atoms with Crippen molar-refractivity contribution < 1.29 is 9.53 Å². The Labute approximate surface area is 119 Å². The fourth-order valence-corrected chi connectivity index (χ4v) is 3.35. The average Bonchev–Trinajstić information content (AvgIpc) is 3.08. The summed E-state index contributed by atoms with van der Waals surface area (Å²) in [6.07, 6.45) is 11.5. The van der Waals surface area contributed by atoms with Gasteiger partial charge in [-0.2, -0.15) is 10.2 Å². The zero-order valence-electron chi connectivity index (χ0n) is 11.8. The molecule has 2 aliphatic heterocycles. The second-order valence-corrected chi connectivity index (χ2v) is 5.88. The predicted molar refractivity (Wildman–Crippen MR) is 74.0 cm³/mol. The SMILES string of the molecule is C#CCCC1(CCC(=O)N2CCO[C@@H]3CCC[C@@H]32)N=N1. The third-order valence-electron chi connectivity index (χ3n) is 4.59. The number of carbonyl (C=O) groups excluding carboxylic acids is 1. The van der Waals surface area contributed by atoms with E-state index in [-0.39, 0.29) is 17.7 Å². The van der Waals surface area contributed by atoms with E-state index in [1.807, 2.05) is 4.90 Å². The van der Waals surface area contributed by atoms with E-state index in [4.69, 9.17) is 11.2 Å². The molecule has 2 heterocycles. The molecule has 2 fully saturated rings. The molecule has 1 saturated carbocycles. The average molecular weight is 275 g/mol. The highest BCUT2D eigenvalue weighted by molar-refractivity contribution is 5.77. The van der Waals surface area contributed by atoms with Gasteiger partial charge in [0.05, 0.1) is 18.8 Å². The van der Waals surface area contributed by atoms with E-state index in [1.54, 1.807) is 0 Å². The van der Waals surface area contributed by atoms with Crippen LogP contribution in [-0.4, -0.2) is 41.8 Å². The molecular weight excluding hydrogens is 254 g/mol. The largest absolute Gasteiger partial charge is 0.374 e. The molecule has 0 bridgehead atoms. The van der Waals surface area contributed by atoms with Crippen LogP contribution in [0, 0.1) is 12.3 Å². The summed E-state index contributed by atoms with van der Waals surface area (Å²) in [7, 11) is 0. The molecule has 2 atom stereocenters. The van der Waals surface area contributed by atoms with Crippen LogP contribution in [0.5, 0.6) is 0 Å². The first-order valence-electron chi connectivity index (χ1n) is 7.53. The zero-order chi connectivity index (χ0) is 14.0. The molecule has 1 saturated heterocycles. The van der Waals surface area contributed by atoms with Crippen molar-refractivity contribution in [1.82, 2.24) is 4.90 Å². The minimum Gasteiger partial charge on any atom is -0.374 e. The van der Waals surface area contributed by atoms with Crippen molar-refractivity contribution >= 4 is 5.91 Å². The predicted octanol–water partition coefficient (Wildman–Crippen LogP) is 2.12. The highest BCUT2D eigenvalue weighted by Crippen LogP contribution is 2.38. The Bertz CT molecular complexity index is 449. The number of morpholine rings is 1. The Morgan fingerprint density at radius 1 is 1.40 bits per heavy atom. The highest BCUT2D eigenvalue weighted by Gasteiger charge is 2.42. The minimum atomic E-state index is -0.344. The number of terminal acetylenes is 1. The Morgan fingerprint density at radius 3 is 3.00 bits per heavy atom. The standard InChI is InChI=1S/C15H21N3O2/c1-2-3-8-15(16-17-15)9-7-14(19)18-10-11-20-13-6-4-5-12(13)18/h1,12-13H,3-11H2/t12-,13+/m0/s1. The summed E-state index contributed by atoms with van der Waals surface area (Å²) in [6.45, 7) is 1.40. The van der Waals surface area contributed by atoms with E-state index in [0.29, 0.717) is 31.9 Å². The molecule has 20 heavy (non-hydrogen) atoms. The van der Waals surface area contributed by atoms with Gasteiger partial charge in [-0.05, 0) is 19.3 Å². The van der Waals surface area contributed by atoms with Gasteiger partial charge < -0.3 is 9.64 Å². The lowest BCUT2D eigenvalue weighted by Gasteiger charge is -2.37. The van der Waals surface area contributed by atoms with Crippen LogP contribution in [0.2, 0.25) is 0 Å². The van der Waals surface area contributed by atoms with Gasteiger partial charge in [-0.25, -0.2) is 0 Å². The second-order valence-electron chi connectivity index (χ2n) is 5.88. The van der Waals surface area contributed by atoms with Crippen LogP contribution in [0.3, 0.4) is 0 Å². The minimum absolute atomic E-state index is 0.225. The lowest BCUT2D eigenvalue weighted by Crippen LogP contribution is -2.51.